The highest BCUT2D eigenvalue weighted by Crippen LogP contribution is 2.40. The summed E-state index contributed by atoms with van der Waals surface area (Å²) < 4.78 is 42.0. The molecule has 2 aliphatic heterocycles. The van der Waals surface area contributed by atoms with E-state index in [1.54, 1.807) is 18.3 Å². The number of carbonyl (C=O) groups excluding carboxylic acids is 1. The van der Waals surface area contributed by atoms with Crippen molar-refractivity contribution < 1.29 is 22.7 Å². The van der Waals surface area contributed by atoms with Crippen LogP contribution in [0.5, 0.6) is 0 Å². The van der Waals surface area contributed by atoms with Crippen molar-refractivity contribution >= 4 is 50.3 Å². The van der Waals surface area contributed by atoms with E-state index in [2.05, 4.69) is 26.2 Å². The summed E-state index contributed by atoms with van der Waals surface area (Å²) in [5.74, 6) is -0.651. The Morgan fingerprint density at radius 2 is 2.16 bits per heavy atom. The van der Waals surface area contributed by atoms with Gasteiger partial charge in [-0.25, -0.2) is 22.7 Å². The summed E-state index contributed by atoms with van der Waals surface area (Å²) >= 11 is 2.65. The van der Waals surface area contributed by atoms with E-state index in [4.69, 9.17) is 9.73 Å². The zero-order chi connectivity index (χ0) is 22.8. The average Bonchev–Trinajstić information content (AvgIpc) is 3.35. The second-order valence-corrected chi connectivity index (χ2v) is 9.90. The Bertz CT molecular complexity index is 1100. The van der Waals surface area contributed by atoms with Crippen LogP contribution in [0.25, 0.3) is 0 Å². The number of ether oxygens (including phenoxy) is 1. The SMILES string of the molecule is COC(=O)C1=C(C2CCN(S(=O)O)CC2)NC(c2nccs2)=N[C@@H]1c1cccc(F)c1Br. The van der Waals surface area contributed by atoms with Crippen LogP contribution in [0.15, 0.2) is 50.5 Å². The number of carbonyl (C=O) groups is 1. The number of amidine groups is 1. The maximum Gasteiger partial charge on any atom is 0.338 e. The predicted molar refractivity (Wildman–Crippen MR) is 123 cm³/mol. The van der Waals surface area contributed by atoms with E-state index in [9.17, 15) is 17.9 Å². The number of halogens is 2. The molecule has 0 amide bonds. The third-order valence-corrected chi connectivity index (χ3v) is 7.90. The van der Waals surface area contributed by atoms with E-state index in [0.717, 1.165) is 0 Å². The molecule has 1 aromatic heterocycles. The normalized spacial score (nSPS) is 21.1. The molecule has 0 bridgehead atoms. The number of rotatable bonds is 5. The van der Waals surface area contributed by atoms with Crippen molar-refractivity contribution in [2.45, 2.75) is 18.9 Å². The van der Waals surface area contributed by atoms with Crippen molar-refractivity contribution in [3.8, 4) is 0 Å². The molecule has 1 unspecified atom stereocenters. The van der Waals surface area contributed by atoms with E-state index in [1.807, 2.05) is 5.38 Å². The van der Waals surface area contributed by atoms with Crippen molar-refractivity contribution in [2.75, 3.05) is 20.2 Å². The van der Waals surface area contributed by atoms with Crippen LogP contribution in [0.4, 0.5) is 4.39 Å². The molecule has 1 saturated heterocycles. The second-order valence-electron chi connectivity index (χ2n) is 7.24. The van der Waals surface area contributed by atoms with Gasteiger partial charge in [-0.05, 0) is 40.4 Å². The number of benzene rings is 1. The van der Waals surface area contributed by atoms with Crippen LogP contribution < -0.4 is 5.32 Å². The molecule has 2 aromatic rings. The molecule has 3 heterocycles. The zero-order valence-electron chi connectivity index (χ0n) is 17.0. The molecule has 2 N–H and O–H groups in total. The summed E-state index contributed by atoms with van der Waals surface area (Å²) in [5, 5.41) is 5.74. The van der Waals surface area contributed by atoms with Gasteiger partial charge in [-0.2, -0.15) is 0 Å². The zero-order valence-corrected chi connectivity index (χ0v) is 20.2. The molecular formula is C20H20BrFN4O4S2. The molecule has 1 fully saturated rings. The number of hydrogen-bond donors (Lipinski definition) is 2. The van der Waals surface area contributed by atoms with Crippen LogP contribution in [0.1, 0.15) is 29.5 Å². The van der Waals surface area contributed by atoms with Crippen LogP contribution in [-0.2, 0) is 20.8 Å². The number of methoxy groups -OCH3 is 1. The Hall–Kier alpha value is -1.99. The highest BCUT2D eigenvalue weighted by atomic mass is 79.9. The fourth-order valence-corrected chi connectivity index (χ4v) is 5.52. The molecule has 2 atom stereocenters. The molecule has 0 radical (unpaired) electrons. The van der Waals surface area contributed by atoms with E-state index >= 15 is 0 Å². The Kier molecular flexibility index (Phi) is 7.15. The standard InChI is InChI=1S/C20H20BrFN4O4S2/c1-30-20(27)14-16(11-5-8-26(9-6-11)32(28)29)24-18(19-23-7-10-31-19)25-17(14)12-3-2-4-13(22)15(12)21/h2-4,7,10-11,17H,5-6,8-9H2,1H3,(H,24,25)(H,28,29)/t17-/m1/s1. The van der Waals surface area contributed by atoms with Gasteiger partial charge in [0.2, 0.25) is 11.3 Å². The molecule has 170 valence electrons. The fourth-order valence-electron chi connectivity index (χ4n) is 3.93. The highest BCUT2D eigenvalue weighted by Gasteiger charge is 2.38. The van der Waals surface area contributed by atoms with Crippen LogP contribution in [-0.4, -0.2) is 50.1 Å². The van der Waals surface area contributed by atoms with Gasteiger partial charge in [0.05, 0.1) is 17.2 Å². The van der Waals surface area contributed by atoms with Crippen LogP contribution in [0.3, 0.4) is 0 Å². The maximum atomic E-state index is 14.4. The molecule has 0 saturated carbocycles. The third-order valence-electron chi connectivity index (χ3n) is 5.47. The molecule has 4 rings (SSSR count). The molecule has 2 aliphatic rings. The van der Waals surface area contributed by atoms with Crippen molar-refractivity contribution in [3.63, 3.8) is 0 Å². The van der Waals surface area contributed by atoms with Crippen LogP contribution >= 0.6 is 27.3 Å². The molecule has 0 spiro atoms. The Balaban J connectivity index is 1.83. The monoisotopic (exact) mass is 542 g/mol. The van der Waals surface area contributed by atoms with E-state index in [1.165, 1.54) is 28.8 Å². The number of nitrogens with zero attached hydrogens (tertiary/aromatic N) is 3. The van der Waals surface area contributed by atoms with Crippen LogP contribution in [0, 0.1) is 11.7 Å². The number of esters is 1. The van der Waals surface area contributed by atoms with E-state index < -0.39 is 29.1 Å². The van der Waals surface area contributed by atoms with Crippen molar-refractivity contribution in [2.24, 2.45) is 10.9 Å². The second kappa shape index (κ2) is 9.87. The molecule has 8 nitrogen and oxygen atoms in total. The van der Waals surface area contributed by atoms with Gasteiger partial charge < -0.3 is 10.1 Å². The van der Waals surface area contributed by atoms with E-state index in [0.29, 0.717) is 53.6 Å². The summed E-state index contributed by atoms with van der Waals surface area (Å²) in [6.07, 6.45) is 2.76. The summed E-state index contributed by atoms with van der Waals surface area (Å²) in [5.41, 5.74) is 1.41. The Morgan fingerprint density at radius 1 is 1.41 bits per heavy atom. The first-order valence-electron chi connectivity index (χ1n) is 9.77. The van der Waals surface area contributed by atoms with Crippen LogP contribution in [0.2, 0.25) is 0 Å². The summed E-state index contributed by atoms with van der Waals surface area (Å²) in [6, 6.07) is 3.80. The van der Waals surface area contributed by atoms with Gasteiger partial charge in [0.25, 0.3) is 0 Å². The first-order valence-corrected chi connectivity index (χ1v) is 12.5. The summed E-state index contributed by atoms with van der Waals surface area (Å²) in [4.78, 5) is 22.0. The largest absolute Gasteiger partial charge is 0.466 e. The third kappa shape index (κ3) is 4.55. The van der Waals surface area contributed by atoms with Gasteiger partial charge in [0.1, 0.15) is 11.9 Å². The minimum Gasteiger partial charge on any atom is -0.466 e. The van der Waals surface area contributed by atoms with Crippen molar-refractivity contribution in [1.82, 2.24) is 14.6 Å². The number of aromatic nitrogens is 1. The first kappa shape index (κ1) is 23.2. The number of thiazole rings is 1. The molecule has 32 heavy (non-hydrogen) atoms. The lowest BCUT2D eigenvalue weighted by Crippen LogP contribution is -2.41. The quantitative estimate of drug-likeness (QED) is 0.443. The fraction of sp³-hybridized carbons (Fsp3) is 0.350. The number of piperidine rings is 1. The predicted octanol–water partition coefficient (Wildman–Crippen LogP) is 3.41. The lowest BCUT2D eigenvalue weighted by atomic mass is 9.86. The van der Waals surface area contributed by atoms with Gasteiger partial charge in [-0.1, -0.05) is 12.1 Å². The Morgan fingerprint density at radius 3 is 2.78 bits per heavy atom. The lowest BCUT2D eigenvalue weighted by Gasteiger charge is -2.35. The minimum absolute atomic E-state index is 0.107. The summed E-state index contributed by atoms with van der Waals surface area (Å²) in [6.45, 7) is 0.789. The highest BCUT2D eigenvalue weighted by molar-refractivity contribution is 9.10. The number of aliphatic imine (C=N–C) groups is 1. The minimum atomic E-state index is -2.04. The first-order chi connectivity index (χ1) is 15.4. The van der Waals surface area contributed by atoms with Gasteiger partial charge >= 0.3 is 5.97 Å². The molecular weight excluding hydrogens is 523 g/mol. The smallest absolute Gasteiger partial charge is 0.338 e. The van der Waals surface area contributed by atoms with Gasteiger partial charge in [0.15, 0.2) is 10.8 Å². The maximum absolute atomic E-state index is 14.4. The Labute approximate surface area is 199 Å². The van der Waals surface area contributed by atoms with Gasteiger partial charge in [0, 0.05) is 36.3 Å². The van der Waals surface area contributed by atoms with Gasteiger partial charge in [-0.3, -0.25) is 9.55 Å². The lowest BCUT2D eigenvalue weighted by molar-refractivity contribution is -0.136. The topological polar surface area (TPSA) is 104 Å². The number of nitrogens with one attached hydrogen (secondary N) is 1. The van der Waals surface area contributed by atoms with Crippen molar-refractivity contribution in [3.05, 3.63) is 61.9 Å². The van der Waals surface area contributed by atoms with Gasteiger partial charge in [-0.15, -0.1) is 11.3 Å². The van der Waals surface area contributed by atoms with Crippen molar-refractivity contribution in [1.29, 1.82) is 0 Å². The number of allylic oxidation sites excluding steroid dienone is 1. The number of hydrogen-bond acceptors (Lipinski definition) is 7. The molecule has 0 aliphatic carbocycles. The molecule has 1 aromatic carbocycles. The summed E-state index contributed by atoms with van der Waals surface area (Å²) in [7, 11) is 1.29. The average molecular weight is 543 g/mol. The molecule has 12 heteroatoms. The van der Waals surface area contributed by atoms with E-state index in [-0.39, 0.29) is 10.4 Å².